The lowest BCUT2D eigenvalue weighted by atomic mass is 10.0. The van der Waals surface area contributed by atoms with Crippen molar-refractivity contribution in [3.05, 3.63) is 65.5 Å². The van der Waals surface area contributed by atoms with Gasteiger partial charge in [-0.2, -0.15) is 0 Å². The van der Waals surface area contributed by atoms with Crippen molar-refractivity contribution in [3.8, 4) is 0 Å². The standard InChI is InChI=1S/C23H30FN3O3S/c1-3-18-4-6-19(7-5-18)17(2)25-23(28)16-27-14-12-21(13-15-27)26-31(29,30)22-10-8-20(24)9-11-22/h4-11,17,21,26H,3,12-16H2,1-2H3,(H,25,28). The minimum Gasteiger partial charge on any atom is -0.348 e. The van der Waals surface area contributed by atoms with Gasteiger partial charge in [-0.15, -0.1) is 0 Å². The van der Waals surface area contributed by atoms with E-state index in [4.69, 9.17) is 0 Å². The maximum absolute atomic E-state index is 13.0. The van der Waals surface area contributed by atoms with E-state index < -0.39 is 15.8 Å². The molecular weight excluding hydrogens is 417 g/mol. The topological polar surface area (TPSA) is 78.5 Å². The van der Waals surface area contributed by atoms with Crippen LogP contribution in [0.2, 0.25) is 0 Å². The van der Waals surface area contributed by atoms with E-state index in [0.717, 1.165) is 24.1 Å². The predicted molar refractivity (Wildman–Crippen MR) is 119 cm³/mol. The molecule has 0 aliphatic carbocycles. The zero-order valence-corrected chi connectivity index (χ0v) is 18.8. The lowest BCUT2D eigenvalue weighted by Gasteiger charge is -2.32. The quantitative estimate of drug-likeness (QED) is 0.652. The number of aryl methyl sites for hydroxylation is 1. The molecule has 0 spiro atoms. The minimum atomic E-state index is -3.68. The SMILES string of the molecule is CCc1ccc(C(C)NC(=O)CN2CCC(NS(=O)(=O)c3ccc(F)cc3)CC2)cc1. The number of sulfonamides is 1. The molecule has 3 rings (SSSR count). The van der Waals surface area contributed by atoms with Crippen molar-refractivity contribution in [2.24, 2.45) is 0 Å². The van der Waals surface area contributed by atoms with Crippen molar-refractivity contribution in [2.45, 2.75) is 50.1 Å². The summed E-state index contributed by atoms with van der Waals surface area (Å²) in [6.07, 6.45) is 2.21. The second-order valence-electron chi connectivity index (χ2n) is 8.01. The Morgan fingerprint density at radius 3 is 2.29 bits per heavy atom. The van der Waals surface area contributed by atoms with E-state index >= 15 is 0 Å². The number of piperidine rings is 1. The van der Waals surface area contributed by atoms with Crippen molar-refractivity contribution in [2.75, 3.05) is 19.6 Å². The van der Waals surface area contributed by atoms with Gasteiger partial charge in [-0.05, 0) is 61.6 Å². The molecule has 1 aliphatic heterocycles. The second-order valence-corrected chi connectivity index (χ2v) is 9.72. The largest absolute Gasteiger partial charge is 0.348 e. The van der Waals surface area contributed by atoms with E-state index in [1.165, 1.54) is 17.7 Å². The van der Waals surface area contributed by atoms with E-state index in [9.17, 15) is 17.6 Å². The fourth-order valence-corrected chi connectivity index (χ4v) is 5.03. The van der Waals surface area contributed by atoms with Gasteiger partial charge in [0.25, 0.3) is 0 Å². The minimum absolute atomic E-state index is 0.0441. The van der Waals surface area contributed by atoms with Crippen LogP contribution in [0.4, 0.5) is 4.39 Å². The first kappa shape index (κ1) is 23.4. The van der Waals surface area contributed by atoms with Gasteiger partial charge >= 0.3 is 0 Å². The van der Waals surface area contributed by atoms with Gasteiger partial charge in [0, 0.05) is 19.1 Å². The average Bonchev–Trinajstić information content (AvgIpc) is 2.75. The highest BCUT2D eigenvalue weighted by Crippen LogP contribution is 2.17. The average molecular weight is 448 g/mol. The Morgan fingerprint density at radius 1 is 1.10 bits per heavy atom. The van der Waals surface area contributed by atoms with E-state index in [0.29, 0.717) is 25.9 Å². The van der Waals surface area contributed by atoms with Crippen molar-refractivity contribution >= 4 is 15.9 Å². The Kier molecular flexibility index (Phi) is 7.80. The van der Waals surface area contributed by atoms with Gasteiger partial charge in [-0.3, -0.25) is 9.69 Å². The molecule has 2 aromatic carbocycles. The third-order valence-corrected chi connectivity index (χ3v) is 7.20. The molecule has 2 N–H and O–H groups in total. The predicted octanol–water partition coefficient (Wildman–Crippen LogP) is 3.01. The Balaban J connectivity index is 1.45. The normalized spacial score (nSPS) is 16.7. The molecule has 1 aliphatic rings. The van der Waals surface area contributed by atoms with Crippen LogP contribution in [0.25, 0.3) is 0 Å². The first-order valence-corrected chi connectivity index (χ1v) is 12.1. The summed E-state index contributed by atoms with van der Waals surface area (Å²) in [5, 5.41) is 3.03. The first-order valence-electron chi connectivity index (χ1n) is 10.7. The monoisotopic (exact) mass is 447 g/mol. The first-order chi connectivity index (χ1) is 14.8. The number of benzene rings is 2. The van der Waals surface area contributed by atoms with Crippen LogP contribution in [0.3, 0.4) is 0 Å². The van der Waals surface area contributed by atoms with Crippen LogP contribution in [0, 0.1) is 5.82 Å². The fraction of sp³-hybridized carbons (Fsp3) is 0.435. The number of rotatable bonds is 8. The van der Waals surface area contributed by atoms with Crippen LogP contribution in [0.5, 0.6) is 0 Å². The van der Waals surface area contributed by atoms with Crippen molar-refractivity contribution in [1.82, 2.24) is 14.9 Å². The van der Waals surface area contributed by atoms with Crippen LogP contribution < -0.4 is 10.0 Å². The molecule has 2 aromatic rings. The number of amides is 1. The van der Waals surface area contributed by atoms with Gasteiger partial charge in [0.15, 0.2) is 0 Å². The molecule has 1 heterocycles. The number of carbonyl (C=O) groups excluding carboxylic acids is 1. The zero-order valence-electron chi connectivity index (χ0n) is 18.0. The van der Waals surface area contributed by atoms with Crippen LogP contribution in [0.15, 0.2) is 53.4 Å². The molecular formula is C23H30FN3O3S. The molecule has 1 atom stereocenters. The van der Waals surface area contributed by atoms with E-state index in [1.807, 2.05) is 24.0 Å². The summed E-state index contributed by atoms with van der Waals surface area (Å²) in [4.78, 5) is 14.5. The molecule has 0 bridgehead atoms. The Morgan fingerprint density at radius 2 is 1.71 bits per heavy atom. The lowest BCUT2D eigenvalue weighted by molar-refractivity contribution is -0.123. The third kappa shape index (κ3) is 6.59. The number of hydrogen-bond acceptors (Lipinski definition) is 4. The summed E-state index contributed by atoms with van der Waals surface area (Å²) in [7, 11) is -3.68. The molecule has 6 nitrogen and oxygen atoms in total. The smallest absolute Gasteiger partial charge is 0.240 e. The molecule has 0 aromatic heterocycles. The van der Waals surface area contributed by atoms with E-state index in [2.05, 4.69) is 29.1 Å². The molecule has 1 amide bonds. The molecule has 0 saturated carbocycles. The highest BCUT2D eigenvalue weighted by Gasteiger charge is 2.25. The molecule has 1 fully saturated rings. The Labute approximate surface area is 183 Å². The number of carbonyl (C=O) groups is 1. The molecule has 0 radical (unpaired) electrons. The summed E-state index contributed by atoms with van der Waals surface area (Å²) in [5.41, 5.74) is 2.33. The fourth-order valence-electron chi connectivity index (χ4n) is 3.73. The molecule has 31 heavy (non-hydrogen) atoms. The van der Waals surface area contributed by atoms with Gasteiger partial charge in [0.2, 0.25) is 15.9 Å². The highest BCUT2D eigenvalue weighted by molar-refractivity contribution is 7.89. The number of likely N-dealkylation sites (tertiary alicyclic amines) is 1. The van der Waals surface area contributed by atoms with Gasteiger partial charge in [-0.1, -0.05) is 31.2 Å². The Hall–Kier alpha value is -2.29. The van der Waals surface area contributed by atoms with Gasteiger partial charge < -0.3 is 5.32 Å². The summed E-state index contributed by atoms with van der Waals surface area (Å²) in [5.74, 6) is -0.518. The lowest BCUT2D eigenvalue weighted by Crippen LogP contribution is -2.47. The van der Waals surface area contributed by atoms with Crippen molar-refractivity contribution < 1.29 is 17.6 Å². The zero-order chi connectivity index (χ0) is 22.4. The summed E-state index contributed by atoms with van der Waals surface area (Å²) in [6, 6.07) is 12.8. The van der Waals surface area contributed by atoms with Crippen molar-refractivity contribution in [3.63, 3.8) is 0 Å². The molecule has 1 unspecified atom stereocenters. The van der Waals surface area contributed by atoms with E-state index in [-0.39, 0.29) is 29.4 Å². The van der Waals surface area contributed by atoms with Crippen LogP contribution >= 0.6 is 0 Å². The number of nitrogens with zero attached hydrogens (tertiary/aromatic N) is 1. The van der Waals surface area contributed by atoms with Crippen LogP contribution in [-0.4, -0.2) is 44.9 Å². The van der Waals surface area contributed by atoms with Gasteiger partial charge in [0.05, 0.1) is 17.5 Å². The highest BCUT2D eigenvalue weighted by atomic mass is 32.2. The van der Waals surface area contributed by atoms with Crippen LogP contribution in [0.1, 0.15) is 43.9 Å². The maximum Gasteiger partial charge on any atom is 0.240 e. The summed E-state index contributed by atoms with van der Waals surface area (Å²) >= 11 is 0. The van der Waals surface area contributed by atoms with Crippen molar-refractivity contribution in [1.29, 1.82) is 0 Å². The van der Waals surface area contributed by atoms with Gasteiger partial charge in [-0.25, -0.2) is 17.5 Å². The molecule has 168 valence electrons. The van der Waals surface area contributed by atoms with E-state index in [1.54, 1.807) is 0 Å². The Bertz CT molecular complexity index is 970. The summed E-state index contributed by atoms with van der Waals surface area (Å²) < 4.78 is 40.6. The second kappa shape index (κ2) is 10.3. The van der Waals surface area contributed by atoms with Gasteiger partial charge in [0.1, 0.15) is 5.82 Å². The van der Waals surface area contributed by atoms with Crippen LogP contribution in [-0.2, 0) is 21.2 Å². The molecule has 1 saturated heterocycles. The number of nitrogens with one attached hydrogen (secondary N) is 2. The number of halogens is 1. The maximum atomic E-state index is 13.0. The summed E-state index contributed by atoms with van der Waals surface area (Å²) in [6.45, 7) is 5.62. The number of hydrogen-bond donors (Lipinski definition) is 2. The molecule has 8 heteroatoms. The third-order valence-electron chi connectivity index (χ3n) is 5.67.